The highest BCUT2D eigenvalue weighted by Gasteiger charge is 2.30. The van der Waals surface area contributed by atoms with E-state index >= 15 is 0 Å². The third-order valence-corrected chi connectivity index (χ3v) is 2.51. The molecule has 0 aromatic carbocycles. The number of aliphatic hydroxyl groups is 5. The predicted molar refractivity (Wildman–Crippen MR) is 59.0 cm³/mol. The van der Waals surface area contributed by atoms with Gasteiger partial charge in [-0.05, 0) is 0 Å². The highest BCUT2D eigenvalue weighted by molar-refractivity contribution is 5.75. The number of amides is 1. The van der Waals surface area contributed by atoms with Gasteiger partial charge in [0, 0.05) is 20.0 Å². The average Bonchev–Trinajstić information content (AvgIpc) is 2.34. The fourth-order valence-electron chi connectivity index (χ4n) is 1.32. The van der Waals surface area contributed by atoms with Gasteiger partial charge in [-0.15, -0.1) is 0 Å². The third-order valence-electron chi connectivity index (χ3n) is 2.51. The number of likely N-dealkylation sites (N-methyl/N-ethyl adjacent to an activating group) is 1. The van der Waals surface area contributed by atoms with Gasteiger partial charge in [0.25, 0.3) is 0 Å². The van der Waals surface area contributed by atoms with E-state index in [1.807, 2.05) is 0 Å². The van der Waals surface area contributed by atoms with Crippen molar-refractivity contribution in [2.45, 2.75) is 37.8 Å². The lowest BCUT2D eigenvalue weighted by Crippen LogP contribution is -2.49. The van der Waals surface area contributed by atoms with Crippen LogP contribution in [-0.2, 0) is 4.79 Å². The van der Waals surface area contributed by atoms with Gasteiger partial charge in [-0.1, -0.05) is 6.92 Å². The summed E-state index contributed by atoms with van der Waals surface area (Å²) in [4.78, 5) is 12.4. The van der Waals surface area contributed by atoms with Crippen LogP contribution >= 0.6 is 0 Å². The first-order valence-electron chi connectivity index (χ1n) is 5.42. The second-order valence-corrected chi connectivity index (χ2v) is 3.93. The molecule has 7 nitrogen and oxygen atoms in total. The van der Waals surface area contributed by atoms with Crippen LogP contribution in [0.25, 0.3) is 0 Å². The van der Waals surface area contributed by atoms with Crippen LogP contribution < -0.4 is 0 Å². The highest BCUT2D eigenvalue weighted by Crippen LogP contribution is 2.06. The Morgan fingerprint density at radius 3 is 2.00 bits per heavy atom. The van der Waals surface area contributed by atoms with Crippen LogP contribution in [0.15, 0.2) is 0 Å². The van der Waals surface area contributed by atoms with Crippen molar-refractivity contribution in [1.29, 1.82) is 0 Å². The molecule has 1 amide bonds. The predicted octanol–water partition coefficient (Wildman–Crippen LogP) is -2.71. The molecule has 0 bridgehead atoms. The maximum absolute atomic E-state index is 11.2. The number of nitrogens with zero attached hydrogens (tertiary/aromatic N) is 1. The van der Waals surface area contributed by atoms with Crippen molar-refractivity contribution in [2.75, 3.05) is 20.2 Å². The second kappa shape index (κ2) is 7.57. The number of carbonyl (C=O) groups excluding carboxylic acids is 1. The maximum Gasteiger partial charge on any atom is 0.222 e. The average molecular weight is 251 g/mol. The number of hydrogen-bond donors (Lipinski definition) is 5. The third kappa shape index (κ3) is 4.97. The fraction of sp³-hybridized carbons (Fsp3) is 0.900. The van der Waals surface area contributed by atoms with Crippen LogP contribution in [0.2, 0.25) is 0 Å². The zero-order valence-electron chi connectivity index (χ0n) is 10.0. The Kier molecular flexibility index (Phi) is 7.24. The molecule has 7 heteroatoms. The van der Waals surface area contributed by atoms with Gasteiger partial charge in [0.05, 0.1) is 6.61 Å². The SMILES string of the molecule is CCC(=O)N(C)C[C@H](O)C(O)C(O)C(O)CO. The van der Waals surface area contributed by atoms with Crippen molar-refractivity contribution in [3.63, 3.8) is 0 Å². The van der Waals surface area contributed by atoms with Gasteiger partial charge in [-0.3, -0.25) is 4.79 Å². The maximum atomic E-state index is 11.2. The number of rotatable bonds is 7. The van der Waals surface area contributed by atoms with Crippen molar-refractivity contribution >= 4 is 5.91 Å². The van der Waals surface area contributed by atoms with Crippen molar-refractivity contribution in [3.8, 4) is 0 Å². The topological polar surface area (TPSA) is 121 Å². The van der Waals surface area contributed by atoms with E-state index in [0.29, 0.717) is 0 Å². The van der Waals surface area contributed by atoms with Gasteiger partial charge < -0.3 is 30.4 Å². The van der Waals surface area contributed by atoms with E-state index in [1.54, 1.807) is 6.92 Å². The summed E-state index contributed by atoms with van der Waals surface area (Å²) in [5.41, 5.74) is 0. The van der Waals surface area contributed by atoms with Crippen molar-refractivity contribution in [2.24, 2.45) is 0 Å². The zero-order valence-corrected chi connectivity index (χ0v) is 10.0. The minimum atomic E-state index is -1.67. The summed E-state index contributed by atoms with van der Waals surface area (Å²) in [5.74, 6) is -0.214. The van der Waals surface area contributed by atoms with E-state index in [4.69, 9.17) is 10.2 Å². The van der Waals surface area contributed by atoms with Gasteiger partial charge in [-0.2, -0.15) is 0 Å². The molecular weight excluding hydrogens is 230 g/mol. The lowest BCUT2D eigenvalue weighted by Gasteiger charge is -2.28. The molecule has 0 aliphatic rings. The normalized spacial score (nSPS) is 18.3. The van der Waals surface area contributed by atoms with Crippen molar-refractivity contribution < 1.29 is 30.3 Å². The first-order chi connectivity index (χ1) is 7.84. The van der Waals surface area contributed by atoms with Crippen molar-refractivity contribution in [1.82, 2.24) is 4.90 Å². The molecular formula is C10H21NO6. The highest BCUT2D eigenvalue weighted by atomic mass is 16.4. The lowest BCUT2D eigenvalue weighted by molar-refractivity contribution is -0.137. The quantitative estimate of drug-likeness (QED) is 0.335. The molecule has 0 aromatic heterocycles. The van der Waals surface area contributed by atoms with Crippen LogP contribution in [-0.4, -0.2) is 81.0 Å². The lowest BCUT2D eigenvalue weighted by atomic mass is 10.0. The minimum Gasteiger partial charge on any atom is -0.394 e. The Labute approximate surface area is 99.9 Å². The zero-order chi connectivity index (χ0) is 13.6. The summed E-state index contributed by atoms with van der Waals surface area (Å²) in [6.07, 6.45) is -5.97. The van der Waals surface area contributed by atoms with Gasteiger partial charge in [0.1, 0.15) is 24.4 Å². The Hall–Kier alpha value is -0.730. The Bertz CT molecular complexity index is 237. The Morgan fingerprint density at radius 1 is 1.12 bits per heavy atom. The van der Waals surface area contributed by atoms with E-state index < -0.39 is 31.0 Å². The van der Waals surface area contributed by atoms with Crippen LogP contribution in [0.3, 0.4) is 0 Å². The summed E-state index contributed by atoms with van der Waals surface area (Å²) in [7, 11) is 1.45. The van der Waals surface area contributed by atoms with E-state index in [0.717, 1.165) is 0 Å². The molecule has 102 valence electrons. The number of hydrogen-bond acceptors (Lipinski definition) is 6. The number of aliphatic hydroxyl groups excluding tert-OH is 5. The molecule has 0 aromatic rings. The first-order valence-corrected chi connectivity index (χ1v) is 5.42. The smallest absolute Gasteiger partial charge is 0.222 e. The van der Waals surface area contributed by atoms with Crippen LogP contribution in [0.4, 0.5) is 0 Å². The van der Waals surface area contributed by atoms with E-state index in [9.17, 15) is 20.1 Å². The van der Waals surface area contributed by atoms with Crippen LogP contribution in [0.5, 0.6) is 0 Å². The summed E-state index contributed by atoms with van der Waals surface area (Å²) >= 11 is 0. The molecule has 0 heterocycles. The van der Waals surface area contributed by atoms with Crippen molar-refractivity contribution in [3.05, 3.63) is 0 Å². The molecule has 0 fully saturated rings. The molecule has 0 aliphatic heterocycles. The van der Waals surface area contributed by atoms with Crippen LogP contribution in [0, 0.1) is 0 Å². The molecule has 0 spiro atoms. The molecule has 0 aliphatic carbocycles. The summed E-state index contributed by atoms with van der Waals surface area (Å²) in [6, 6.07) is 0. The molecule has 17 heavy (non-hydrogen) atoms. The van der Waals surface area contributed by atoms with Gasteiger partial charge in [0.15, 0.2) is 0 Å². The summed E-state index contributed by atoms with van der Waals surface area (Å²) < 4.78 is 0. The van der Waals surface area contributed by atoms with Gasteiger partial charge in [0.2, 0.25) is 5.91 Å². The molecule has 4 atom stereocenters. The molecule has 0 saturated heterocycles. The monoisotopic (exact) mass is 251 g/mol. The summed E-state index contributed by atoms with van der Waals surface area (Å²) in [6.45, 7) is 0.768. The standard InChI is InChI=1S/C10H21NO6/c1-3-8(15)11(2)4-6(13)9(16)10(17)7(14)5-12/h6-7,9-10,12-14,16-17H,3-5H2,1-2H3/t6-,7?,9?,10?/m0/s1. The molecule has 0 radical (unpaired) electrons. The van der Waals surface area contributed by atoms with E-state index in [-0.39, 0.29) is 18.9 Å². The largest absolute Gasteiger partial charge is 0.394 e. The van der Waals surface area contributed by atoms with E-state index in [2.05, 4.69) is 0 Å². The molecule has 3 unspecified atom stereocenters. The van der Waals surface area contributed by atoms with Gasteiger partial charge in [-0.25, -0.2) is 0 Å². The molecule has 0 rings (SSSR count). The summed E-state index contributed by atoms with van der Waals surface area (Å²) in [5, 5.41) is 46.0. The first kappa shape index (κ1) is 16.3. The fourth-order valence-corrected chi connectivity index (χ4v) is 1.32. The second-order valence-electron chi connectivity index (χ2n) is 3.93. The number of carbonyl (C=O) groups is 1. The molecule has 5 N–H and O–H groups in total. The minimum absolute atomic E-state index is 0.164. The Morgan fingerprint density at radius 2 is 1.59 bits per heavy atom. The van der Waals surface area contributed by atoms with Crippen LogP contribution in [0.1, 0.15) is 13.3 Å². The van der Waals surface area contributed by atoms with E-state index in [1.165, 1.54) is 11.9 Å². The Balaban J connectivity index is 4.30. The van der Waals surface area contributed by atoms with Gasteiger partial charge >= 0.3 is 0 Å². The molecule has 0 saturated carbocycles.